The van der Waals surface area contributed by atoms with Crippen molar-refractivity contribution in [2.24, 2.45) is 0 Å². The van der Waals surface area contributed by atoms with Crippen molar-refractivity contribution >= 4 is 33.6 Å². The first-order valence-corrected chi connectivity index (χ1v) is 9.19. The fraction of sp³-hybridized carbons (Fsp3) is 0.273. The van der Waals surface area contributed by atoms with Gasteiger partial charge in [0.2, 0.25) is 5.91 Å². The number of H-pyrrole nitrogens is 1. The number of aryl methyl sites for hydroxylation is 2. The zero-order chi connectivity index (χ0) is 19.1. The molecule has 0 bridgehead atoms. The number of anilines is 1. The molecule has 2 aromatic carbocycles. The first-order valence-electron chi connectivity index (χ1n) is 9.19. The highest BCUT2D eigenvalue weighted by Gasteiger charge is 2.14. The van der Waals surface area contributed by atoms with Crippen molar-refractivity contribution in [3.63, 3.8) is 0 Å². The number of rotatable bonds is 4. The number of aromatic amines is 1. The molecule has 4 aromatic rings. The van der Waals surface area contributed by atoms with Crippen LogP contribution in [0.4, 0.5) is 5.69 Å². The second kappa shape index (κ2) is 6.58. The summed E-state index contributed by atoms with van der Waals surface area (Å²) in [5.74, 6) is 0.884. The van der Waals surface area contributed by atoms with Crippen molar-refractivity contribution in [3.8, 4) is 0 Å². The third kappa shape index (κ3) is 3.33. The minimum Gasteiger partial charge on any atom is -0.440 e. The number of hydrogen-bond acceptors (Lipinski definition) is 3. The fourth-order valence-corrected chi connectivity index (χ4v) is 3.36. The van der Waals surface area contributed by atoms with Gasteiger partial charge in [0.1, 0.15) is 5.52 Å². The van der Waals surface area contributed by atoms with E-state index in [4.69, 9.17) is 4.42 Å². The van der Waals surface area contributed by atoms with Crippen molar-refractivity contribution in [1.82, 2.24) is 9.97 Å². The second-order valence-electron chi connectivity index (χ2n) is 7.39. The van der Waals surface area contributed by atoms with E-state index < -0.39 is 0 Å². The summed E-state index contributed by atoms with van der Waals surface area (Å²) in [6.45, 7) is 8.15. The summed E-state index contributed by atoms with van der Waals surface area (Å²) in [5, 5.41) is 4.09. The van der Waals surface area contributed by atoms with Gasteiger partial charge in [-0.3, -0.25) is 4.79 Å². The van der Waals surface area contributed by atoms with Crippen molar-refractivity contribution in [2.45, 2.75) is 40.0 Å². The number of nitrogens with one attached hydrogen (secondary N) is 2. The Balaban J connectivity index is 1.57. The van der Waals surface area contributed by atoms with Crippen molar-refractivity contribution in [2.75, 3.05) is 5.32 Å². The Bertz CT molecular complexity index is 1150. The zero-order valence-electron chi connectivity index (χ0n) is 16.0. The summed E-state index contributed by atoms with van der Waals surface area (Å²) in [5.41, 5.74) is 6.53. The molecule has 0 atom stereocenters. The molecule has 138 valence electrons. The molecule has 27 heavy (non-hydrogen) atoms. The van der Waals surface area contributed by atoms with Crippen LogP contribution in [-0.2, 0) is 11.2 Å². The van der Waals surface area contributed by atoms with Crippen molar-refractivity contribution in [3.05, 3.63) is 59.1 Å². The molecule has 0 spiro atoms. The molecule has 5 heteroatoms. The predicted octanol–water partition coefficient (Wildman–Crippen LogP) is 5.23. The van der Waals surface area contributed by atoms with Crippen molar-refractivity contribution in [1.29, 1.82) is 0 Å². The van der Waals surface area contributed by atoms with Crippen LogP contribution in [0.5, 0.6) is 0 Å². The highest BCUT2D eigenvalue weighted by Crippen LogP contribution is 2.26. The van der Waals surface area contributed by atoms with Gasteiger partial charge in [0, 0.05) is 28.2 Å². The average Bonchev–Trinajstić information content (AvgIpc) is 3.16. The molecule has 4 rings (SSSR count). The molecular formula is C22H23N3O2. The van der Waals surface area contributed by atoms with Crippen LogP contribution in [0.25, 0.3) is 22.0 Å². The van der Waals surface area contributed by atoms with E-state index in [-0.39, 0.29) is 11.8 Å². The van der Waals surface area contributed by atoms with E-state index in [0.29, 0.717) is 12.3 Å². The molecule has 0 aliphatic heterocycles. The molecule has 1 amide bonds. The highest BCUT2D eigenvalue weighted by atomic mass is 16.3. The van der Waals surface area contributed by atoms with Crippen LogP contribution >= 0.6 is 0 Å². The molecule has 2 heterocycles. The van der Waals surface area contributed by atoms with E-state index in [9.17, 15) is 4.79 Å². The second-order valence-corrected chi connectivity index (χ2v) is 7.39. The van der Waals surface area contributed by atoms with Gasteiger partial charge in [-0.1, -0.05) is 25.5 Å². The summed E-state index contributed by atoms with van der Waals surface area (Å²) >= 11 is 0. The summed E-state index contributed by atoms with van der Waals surface area (Å²) in [6.07, 6.45) is 0.323. The number of nitrogens with zero attached hydrogens (tertiary/aromatic N) is 1. The standard InChI is InChI=1S/C22H23N3O2/c1-12(2)22-25-19-10-15(6-8-20(19)27-22)24-21(26)11-16-14(4)23-18-7-5-13(3)9-17(16)18/h5-10,12,23H,11H2,1-4H3,(H,24,26). The van der Waals surface area contributed by atoms with E-state index in [1.807, 2.05) is 39.0 Å². The third-order valence-corrected chi connectivity index (χ3v) is 4.79. The van der Waals surface area contributed by atoms with Crippen LogP contribution in [0, 0.1) is 13.8 Å². The number of oxazole rings is 1. The quantitative estimate of drug-likeness (QED) is 0.523. The Hall–Kier alpha value is -3.08. The number of fused-ring (bicyclic) bond motifs is 2. The first-order chi connectivity index (χ1) is 12.9. The lowest BCUT2D eigenvalue weighted by atomic mass is 10.1. The van der Waals surface area contributed by atoms with Gasteiger partial charge < -0.3 is 14.7 Å². The molecule has 2 N–H and O–H groups in total. The van der Waals surface area contributed by atoms with Gasteiger partial charge in [0.15, 0.2) is 11.5 Å². The van der Waals surface area contributed by atoms with E-state index in [2.05, 4.69) is 40.4 Å². The Morgan fingerprint density at radius 1 is 1.19 bits per heavy atom. The topological polar surface area (TPSA) is 70.9 Å². The zero-order valence-corrected chi connectivity index (χ0v) is 16.0. The van der Waals surface area contributed by atoms with Gasteiger partial charge in [-0.05, 0) is 49.7 Å². The average molecular weight is 361 g/mol. The highest BCUT2D eigenvalue weighted by molar-refractivity contribution is 5.97. The summed E-state index contributed by atoms with van der Waals surface area (Å²) < 4.78 is 5.72. The van der Waals surface area contributed by atoms with Crippen LogP contribution in [0.1, 0.15) is 42.5 Å². The molecule has 0 unspecified atom stereocenters. The predicted molar refractivity (Wildman–Crippen MR) is 108 cm³/mol. The number of carbonyl (C=O) groups is 1. The lowest BCUT2D eigenvalue weighted by Crippen LogP contribution is -2.14. The molecule has 5 nitrogen and oxygen atoms in total. The fourth-order valence-electron chi connectivity index (χ4n) is 3.36. The van der Waals surface area contributed by atoms with Gasteiger partial charge in [0.05, 0.1) is 6.42 Å². The van der Waals surface area contributed by atoms with E-state index in [1.165, 1.54) is 5.56 Å². The van der Waals surface area contributed by atoms with Crippen molar-refractivity contribution < 1.29 is 9.21 Å². The van der Waals surface area contributed by atoms with Crippen LogP contribution in [0.15, 0.2) is 40.8 Å². The smallest absolute Gasteiger partial charge is 0.228 e. The SMILES string of the molecule is Cc1ccc2[nH]c(C)c(CC(=O)Nc3ccc4oc(C(C)C)nc4c3)c2c1. The molecule has 0 aliphatic carbocycles. The molecule has 0 saturated heterocycles. The van der Waals surface area contributed by atoms with Gasteiger partial charge in [-0.25, -0.2) is 4.98 Å². The molecule has 0 fully saturated rings. The Morgan fingerprint density at radius 2 is 2.00 bits per heavy atom. The van der Waals surface area contributed by atoms with E-state index >= 15 is 0 Å². The largest absolute Gasteiger partial charge is 0.440 e. The maximum atomic E-state index is 12.6. The first kappa shape index (κ1) is 17.3. The molecule has 0 radical (unpaired) electrons. The Labute approximate surface area is 157 Å². The molecule has 0 saturated carbocycles. The molecular weight excluding hydrogens is 338 g/mol. The number of carbonyl (C=O) groups excluding carboxylic acids is 1. The van der Waals surface area contributed by atoms with Gasteiger partial charge in [-0.2, -0.15) is 0 Å². The van der Waals surface area contributed by atoms with E-state index in [0.717, 1.165) is 38.9 Å². The van der Waals surface area contributed by atoms with Gasteiger partial charge >= 0.3 is 0 Å². The molecule has 0 aliphatic rings. The number of amides is 1. The van der Waals surface area contributed by atoms with E-state index in [1.54, 1.807) is 0 Å². The lowest BCUT2D eigenvalue weighted by molar-refractivity contribution is -0.115. The normalized spacial score (nSPS) is 11.6. The van der Waals surface area contributed by atoms with Crippen LogP contribution < -0.4 is 5.32 Å². The van der Waals surface area contributed by atoms with Crippen LogP contribution in [-0.4, -0.2) is 15.9 Å². The third-order valence-electron chi connectivity index (χ3n) is 4.79. The minimum atomic E-state index is -0.0487. The molecule has 2 aromatic heterocycles. The van der Waals surface area contributed by atoms with Gasteiger partial charge in [0.25, 0.3) is 0 Å². The summed E-state index contributed by atoms with van der Waals surface area (Å²) in [4.78, 5) is 20.5. The number of aromatic nitrogens is 2. The minimum absolute atomic E-state index is 0.0487. The Morgan fingerprint density at radius 3 is 2.78 bits per heavy atom. The summed E-state index contributed by atoms with van der Waals surface area (Å²) in [7, 11) is 0. The summed E-state index contributed by atoms with van der Waals surface area (Å²) in [6, 6.07) is 11.8. The van der Waals surface area contributed by atoms with Crippen LogP contribution in [0.3, 0.4) is 0 Å². The maximum Gasteiger partial charge on any atom is 0.228 e. The number of benzene rings is 2. The van der Waals surface area contributed by atoms with Crippen LogP contribution in [0.2, 0.25) is 0 Å². The Kier molecular flexibility index (Phi) is 4.22. The lowest BCUT2D eigenvalue weighted by Gasteiger charge is -2.06. The monoisotopic (exact) mass is 361 g/mol. The number of hydrogen-bond donors (Lipinski definition) is 2. The van der Waals surface area contributed by atoms with Gasteiger partial charge in [-0.15, -0.1) is 0 Å². The maximum absolute atomic E-state index is 12.6.